The Bertz CT molecular complexity index is 379. The van der Waals surface area contributed by atoms with Gasteiger partial charge in [0.25, 0.3) is 0 Å². The molecule has 0 spiro atoms. The van der Waals surface area contributed by atoms with Crippen molar-refractivity contribution in [2.24, 2.45) is 5.41 Å². The Morgan fingerprint density at radius 3 is 2.39 bits per heavy atom. The van der Waals surface area contributed by atoms with E-state index in [0.29, 0.717) is 6.04 Å². The zero-order chi connectivity index (χ0) is 13.8. The fourth-order valence-corrected chi connectivity index (χ4v) is 2.39. The maximum Gasteiger partial charge on any atom is 0.0374 e. The second-order valence-corrected chi connectivity index (χ2v) is 6.02. The highest BCUT2D eigenvalue weighted by molar-refractivity contribution is 5.36. The van der Waals surface area contributed by atoms with Gasteiger partial charge in [-0.05, 0) is 55.3 Å². The standard InChI is InChI=1S/C17H29N/c1-7-12-18-16(17(5,6)8-2)15-11-9-10-13(3)14(15)4/h9-11,16,18H,7-8,12H2,1-6H3. The minimum atomic E-state index is 0.285. The van der Waals surface area contributed by atoms with Crippen molar-refractivity contribution in [2.45, 2.75) is 60.4 Å². The fourth-order valence-electron chi connectivity index (χ4n) is 2.39. The van der Waals surface area contributed by atoms with Gasteiger partial charge in [-0.25, -0.2) is 0 Å². The average molecular weight is 247 g/mol. The van der Waals surface area contributed by atoms with Gasteiger partial charge in [-0.1, -0.05) is 45.9 Å². The van der Waals surface area contributed by atoms with Crippen molar-refractivity contribution in [1.29, 1.82) is 0 Å². The average Bonchev–Trinajstić information content (AvgIpc) is 2.34. The first kappa shape index (κ1) is 15.2. The van der Waals surface area contributed by atoms with Crippen molar-refractivity contribution in [3.63, 3.8) is 0 Å². The van der Waals surface area contributed by atoms with Crippen LogP contribution in [0.5, 0.6) is 0 Å². The summed E-state index contributed by atoms with van der Waals surface area (Å²) in [4.78, 5) is 0. The van der Waals surface area contributed by atoms with Crippen LogP contribution >= 0.6 is 0 Å². The lowest BCUT2D eigenvalue weighted by molar-refractivity contribution is 0.234. The molecule has 102 valence electrons. The highest BCUT2D eigenvalue weighted by atomic mass is 14.9. The van der Waals surface area contributed by atoms with E-state index in [4.69, 9.17) is 0 Å². The molecular weight excluding hydrogens is 218 g/mol. The molecule has 1 atom stereocenters. The van der Waals surface area contributed by atoms with E-state index in [0.717, 1.165) is 6.54 Å². The minimum Gasteiger partial charge on any atom is -0.309 e. The van der Waals surface area contributed by atoms with Gasteiger partial charge in [0.1, 0.15) is 0 Å². The van der Waals surface area contributed by atoms with Crippen molar-refractivity contribution in [3.8, 4) is 0 Å². The first-order valence-electron chi connectivity index (χ1n) is 7.23. The number of hydrogen-bond donors (Lipinski definition) is 1. The Balaban J connectivity index is 3.13. The molecule has 0 aliphatic rings. The first-order valence-corrected chi connectivity index (χ1v) is 7.23. The zero-order valence-corrected chi connectivity index (χ0v) is 12.9. The molecule has 0 radical (unpaired) electrons. The largest absolute Gasteiger partial charge is 0.309 e. The smallest absolute Gasteiger partial charge is 0.0374 e. The fraction of sp³-hybridized carbons (Fsp3) is 0.647. The number of rotatable bonds is 6. The zero-order valence-electron chi connectivity index (χ0n) is 12.9. The monoisotopic (exact) mass is 247 g/mol. The molecule has 1 unspecified atom stereocenters. The van der Waals surface area contributed by atoms with Crippen LogP contribution < -0.4 is 5.32 Å². The molecule has 1 aromatic carbocycles. The SMILES string of the molecule is CCCNC(c1cccc(C)c1C)C(C)(C)CC. The quantitative estimate of drug-likeness (QED) is 0.763. The third-order valence-corrected chi connectivity index (χ3v) is 4.25. The van der Waals surface area contributed by atoms with Crippen LogP contribution in [0.3, 0.4) is 0 Å². The van der Waals surface area contributed by atoms with Crippen LogP contribution in [-0.2, 0) is 0 Å². The van der Waals surface area contributed by atoms with Crippen LogP contribution in [0.25, 0.3) is 0 Å². The molecule has 0 bridgehead atoms. The van der Waals surface area contributed by atoms with Crippen molar-refractivity contribution in [3.05, 3.63) is 34.9 Å². The van der Waals surface area contributed by atoms with E-state index in [1.54, 1.807) is 0 Å². The molecule has 1 nitrogen and oxygen atoms in total. The molecule has 0 aliphatic carbocycles. The van der Waals surface area contributed by atoms with E-state index >= 15 is 0 Å². The van der Waals surface area contributed by atoms with Crippen LogP contribution in [0.1, 0.15) is 63.3 Å². The maximum absolute atomic E-state index is 3.74. The highest BCUT2D eigenvalue weighted by Crippen LogP contribution is 2.38. The molecule has 1 aromatic rings. The van der Waals surface area contributed by atoms with Crippen LogP contribution in [-0.4, -0.2) is 6.54 Å². The molecule has 0 heterocycles. The summed E-state index contributed by atoms with van der Waals surface area (Å²) in [6, 6.07) is 7.12. The van der Waals surface area contributed by atoms with Gasteiger partial charge in [0.05, 0.1) is 0 Å². The normalized spacial score (nSPS) is 13.7. The molecular formula is C17H29N. The van der Waals surface area contributed by atoms with E-state index in [2.05, 4.69) is 65.1 Å². The summed E-state index contributed by atoms with van der Waals surface area (Å²) in [5.41, 5.74) is 4.58. The van der Waals surface area contributed by atoms with E-state index < -0.39 is 0 Å². The van der Waals surface area contributed by atoms with E-state index in [9.17, 15) is 0 Å². The number of benzene rings is 1. The molecule has 1 heteroatoms. The lowest BCUT2D eigenvalue weighted by atomic mass is 9.76. The van der Waals surface area contributed by atoms with Crippen molar-refractivity contribution >= 4 is 0 Å². The molecule has 0 saturated carbocycles. The summed E-state index contributed by atoms with van der Waals surface area (Å²) in [6.07, 6.45) is 2.36. The Morgan fingerprint density at radius 1 is 1.17 bits per heavy atom. The van der Waals surface area contributed by atoms with Crippen LogP contribution in [0.15, 0.2) is 18.2 Å². The summed E-state index contributed by atoms with van der Waals surface area (Å²) in [6.45, 7) is 14.8. The van der Waals surface area contributed by atoms with Gasteiger partial charge in [0, 0.05) is 6.04 Å². The number of hydrogen-bond acceptors (Lipinski definition) is 1. The molecule has 0 aromatic heterocycles. The van der Waals surface area contributed by atoms with Gasteiger partial charge in [-0.3, -0.25) is 0 Å². The lowest BCUT2D eigenvalue weighted by Gasteiger charge is -2.36. The third-order valence-electron chi connectivity index (χ3n) is 4.25. The summed E-state index contributed by atoms with van der Waals surface area (Å²) < 4.78 is 0. The highest BCUT2D eigenvalue weighted by Gasteiger charge is 2.29. The van der Waals surface area contributed by atoms with Crippen LogP contribution in [0.4, 0.5) is 0 Å². The van der Waals surface area contributed by atoms with Crippen molar-refractivity contribution in [1.82, 2.24) is 5.32 Å². The Kier molecular flexibility index (Phi) is 5.40. The number of aryl methyl sites for hydroxylation is 1. The molecule has 1 N–H and O–H groups in total. The lowest BCUT2D eigenvalue weighted by Crippen LogP contribution is -2.35. The number of nitrogens with one attached hydrogen (secondary N) is 1. The van der Waals surface area contributed by atoms with E-state index in [1.807, 2.05) is 0 Å². The predicted octanol–water partition coefficient (Wildman–Crippen LogP) is 4.78. The molecule has 0 saturated heterocycles. The van der Waals surface area contributed by atoms with Crippen LogP contribution in [0, 0.1) is 19.3 Å². The van der Waals surface area contributed by atoms with Crippen LogP contribution in [0.2, 0.25) is 0 Å². The second-order valence-electron chi connectivity index (χ2n) is 6.02. The van der Waals surface area contributed by atoms with Gasteiger partial charge in [0.2, 0.25) is 0 Å². The maximum atomic E-state index is 3.74. The van der Waals surface area contributed by atoms with Crippen molar-refractivity contribution in [2.75, 3.05) is 6.54 Å². The molecule has 0 amide bonds. The Morgan fingerprint density at radius 2 is 1.83 bits per heavy atom. The van der Waals surface area contributed by atoms with Crippen molar-refractivity contribution < 1.29 is 0 Å². The molecule has 0 aliphatic heterocycles. The first-order chi connectivity index (χ1) is 8.44. The minimum absolute atomic E-state index is 0.285. The van der Waals surface area contributed by atoms with Gasteiger partial charge in [-0.15, -0.1) is 0 Å². The van der Waals surface area contributed by atoms with Gasteiger partial charge in [-0.2, -0.15) is 0 Å². The molecule has 18 heavy (non-hydrogen) atoms. The predicted molar refractivity (Wildman–Crippen MR) is 81.0 cm³/mol. The van der Waals surface area contributed by atoms with Gasteiger partial charge in [0.15, 0.2) is 0 Å². The van der Waals surface area contributed by atoms with Gasteiger partial charge < -0.3 is 5.32 Å². The topological polar surface area (TPSA) is 12.0 Å². The Hall–Kier alpha value is -0.820. The summed E-state index contributed by atoms with van der Waals surface area (Å²) in [5, 5.41) is 3.74. The molecule has 0 fully saturated rings. The molecule has 1 rings (SSSR count). The summed E-state index contributed by atoms with van der Waals surface area (Å²) >= 11 is 0. The van der Waals surface area contributed by atoms with Gasteiger partial charge >= 0.3 is 0 Å². The third kappa shape index (κ3) is 3.35. The summed E-state index contributed by atoms with van der Waals surface area (Å²) in [5.74, 6) is 0. The van der Waals surface area contributed by atoms with E-state index in [-0.39, 0.29) is 5.41 Å². The summed E-state index contributed by atoms with van der Waals surface area (Å²) in [7, 11) is 0. The van der Waals surface area contributed by atoms with E-state index in [1.165, 1.54) is 29.5 Å². The Labute approximate surface area is 113 Å². The second kappa shape index (κ2) is 6.38.